The standard InChI is InChI=1S/C30H46F3N5O/c1-21-17-27(34-20-30(31,32)33)36-29(38(21)25-10-6-4-3-5-7-11-25)35-24-18-23-13-16-39-28(23)26(19-24)22-9-8-14-37(2)15-12-22/h12,18-19,21,25,27,29,34-36H,3-11,13-17,20H2,1-2H3. The zero-order chi connectivity index (χ0) is 27.4. The number of rotatable bonds is 6. The number of halogens is 3. The van der Waals surface area contributed by atoms with Gasteiger partial charge in [0.25, 0.3) is 0 Å². The van der Waals surface area contributed by atoms with Gasteiger partial charge in [-0.25, -0.2) is 0 Å². The van der Waals surface area contributed by atoms with Crippen molar-refractivity contribution in [3.8, 4) is 5.75 Å². The lowest BCUT2D eigenvalue weighted by Gasteiger charge is -2.49. The van der Waals surface area contributed by atoms with Crippen molar-refractivity contribution in [1.82, 2.24) is 20.4 Å². The Morgan fingerprint density at radius 3 is 2.59 bits per heavy atom. The lowest BCUT2D eigenvalue weighted by molar-refractivity contribution is -0.128. The second-order valence-electron chi connectivity index (χ2n) is 12.0. The summed E-state index contributed by atoms with van der Waals surface area (Å²) in [6.07, 6.45) is 9.56. The lowest BCUT2D eigenvalue weighted by Crippen LogP contribution is -2.68. The van der Waals surface area contributed by atoms with Gasteiger partial charge in [0, 0.05) is 41.9 Å². The number of fused-ring (bicyclic) bond motifs is 1. The molecule has 1 aromatic rings. The lowest BCUT2D eigenvalue weighted by atomic mass is 9.93. The van der Waals surface area contributed by atoms with Gasteiger partial charge in [0.2, 0.25) is 0 Å². The van der Waals surface area contributed by atoms with Gasteiger partial charge in [0.1, 0.15) is 12.0 Å². The fourth-order valence-electron chi connectivity index (χ4n) is 6.89. The van der Waals surface area contributed by atoms with Gasteiger partial charge in [0.05, 0.1) is 19.3 Å². The van der Waals surface area contributed by atoms with E-state index < -0.39 is 18.9 Å². The maximum atomic E-state index is 13.1. The molecule has 3 aliphatic heterocycles. The van der Waals surface area contributed by atoms with Crippen molar-refractivity contribution < 1.29 is 17.9 Å². The topological polar surface area (TPSA) is 51.8 Å². The molecule has 0 radical (unpaired) electrons. The van der Waals surface area contributed by atoms with Gasteiger partial charge < -0.3 is 15.0 Å². The highest BCUT2D eigenvalue weighted by Gasteiger charge is 2.39. The van der Waals surface area contributed by atoms with Crippen LogP contribution in [0.3, 0.4) is 0 Å². The molecule has 39 heavy (non-hydrogen) atoms. The first kappa shape index (κ1) is 28.7. The Labute approximate surface area is 231 Å². The molecule has 0 amide bonds. The summed E-state index contributed by atoms with van der Waals surface area (Å²) in [4.78, 5) is 4.85. The van der Waals surface area contributed by atoms with E-state index in [2.05, 4.69) is 57.9 Å². The Bertz CT molecular complexity index is 992. The molecule has 0 spiro atoms. The number of hydrogen-bond acceptors (Lipinski definition) is 6. The van der Waals surface area contributed by atoms with Crippen LogP contribution in [-0.4, -0.2) is 73.8 Å². The second kappa shape index (κ2) is 12.8. The van der Waals surface area contributed by atoms with E-state index in [9.17, 15) is 13.2 Å². The third-order valence-electron chi connectivity index (χ3n) is 8.86. The molecule has 218 valence electrons. The van der Waals surface area contributed by atoms with Crippen molar-refractivity contribution in [2.45, 2.75) is 108 Å². The summed E-state index contributed by atoms with van der Waals surface area (Å²) >= 11 is 0. The van der Waals surface area contributed by atoms with E-state index in [4.69, 9.17) is 4.74 Å². The van der Waals surface area contributed by atoms with Crippen LogP contribution in [0.5, 0.6) is 5.75 Å². The molecule has 0 bridgehead atoms. The molecule has 5 rings (SSSR count). The van der Waals surface area contributed by atoms with Gasteiger partial charge in [-0.15, -0.1) is 0 Å². The van der Waals surface area contributed by atoms with Crippen LogP contribution in [0, 0.1) is 0 Å². The molecule has 6 nitrogen and oxygen atoms in total. The van der Waals surface area contributed by atoms with Gasteiger partial charge in [0.15, 0.2) is 0 Å². The summed E-state index contributed by atoms with van der Waals surface area (Å²) < 4.78 is 45.3. The van der Waals surface area contributed by atoms with Gasteiger partial charge in [-0.1, -0.05) is 38.2 Å². The van der Waals surface area contributed by atoms with E-state index in [-0.39, 0.29) is 12.3 Å². The molecule has 1 aromatic carbocycles. The molecule has 9 heteroatoms. The highest BCUT2D eigenvalue weighted by atomic mass is 19.4. The van der Waals surface area contributed by atoms with Crippen LogP contribution in [0.2, 0.25) is 0 Å². The molecule has 3 N–H and O–H groups in total. The second-order valence-corrected chi connectivity index (χ2v) is 12.0. The van der Waals surface area contributed by atoms with Crippen molar-refractivity contribution in [2.24, 2.45) is 0 Å². The third-order valence-corrected chi connectivity index (χ3v) is 8.86. The van der Waals surface area contributed by atoms with Gasteiger partial charge >= 0.3 is 6.18 Å². The third kappa shape index (κ3) is 7.48. The molecule has 2 fully saturated rings. The Kier molecular flexibility index (Phi) is 9.42. The predicted molar refractivity (Wildman–Crippen MR) is 151 cm³/mol. The molecule has 0 aromatic heterocycles. The average molecular weight is 550 g/mol. The minimum Gasteiger partial charge on any atom is -0.492 e. The van der Waals surface area contributed by atoms with E-state index in [1.165, 1.54) is 43.2 Å². The molecule has 1 saturated heterocycles. The quantitative estimate of drug-likeness (QED) is 0.423. The molecule has 1 saturated carbocycles. The van der Waals surface area contributed by atoms with Crippen LogP contribution in [0.1, 0.15) is 82.3 Å². The number of hydrogen-bond donors (Lipinski definition) is 3. The molecule has 3 heterocycles. The zero-order valence-electron chi connectivity index (χ0n) is 23.6. The molecule has 4 aliphatic rings. The first-order chi connectivity index (χ1) is 18.8. The normalized spacial score (nSPS) is 28.1. The fourth-order valence-corrected chi connectivity index (χ4v) is 6.89. The number of benzene rings is 1. The minimum absolute atomic E-state index is 0.149. The smallest absolute Gasteiger partial charge is 0.401 e. The summed E-state index contributed by atoms with van der Waals surface area (Å²) in [7, 11) is 2.15. The largest absolute Gasteiger partial charge is 0.492 e. The Morgan fingerprint density at radius 2 is 1.82 bits per heavy atom. The van der Waals surface area contributed by atoms with E-state index in [0.717, 1.165) is 62.2 Å². The number of nitrogens with one attached hydrogen (secondary N) is 3. The summed E-state index contributed by atoms with van der Waals surface area (Å²) in [5.41, 5.74) is 4.70. The van der Waals surface area contributed by atoms with Crippen molar-refractivity contribution in [3.05, 3.63) is 29.3 Å². The van der Waals surface area contributed by atoms with Crippen LogP contribution >= 0.6 is 0 Å². The first-order valence-corrected chi connectivity index (χ1v) is 15.0. The van der Waals surface area contributed by atoms with Crippen molar-refractivity contribution in [2.75, 3.05) is 38.6 Å². The van der Waals surface area contributed by atoms with E-state index in [1.807, 2.05) is 0 Å². The summed E-state index contributed by atoms with van der Waals surface area (Å²) in [5, 5.41) is 10.0. The predicted octanol–water partition coefficient (Wildman–Crippen LogP) is 5.70. The summed E-state index contributed by atoms with van der Waals surface area (Å²) in [6.45, 7) is 3.87. The Balaban J connectivity index is 1.42. The number of ether oxygens (including phenoxy) is 1. The van der Waals surface area contributed by atoms with Gasteiger partial charge in [-0.05, 0) is 70.3 Å². The average Bonchev–Trinajstić information content (AvgIpc) is 3.23. The highest BCUT2D eigenvalue weighted by molar-refractivity contribution is 5.76. The number of nitrogens with zero attached hydrogens (tertiary/aromatic N) is 2. The van der Waals surface area contributed by atoms with Crippen molar-refractivity contribution >= 4 is 11.3 Å². The van der Waals surface area contributed by atoms with Gasteiger partial charge in [-0.2, -0.15) is 13.2 Å². The monoisotopic (exact) mass is 549 g/mol. The summed E-state index contributed by atoms with van der Waals surface area (Å²) in [5.74, 6) is 1.00. The number of anilines is 1. The van der Waals surface area contributed by atoms with Crippen LogP contribution in [-0.2, 0) is 6.42 Å². The minimum atomic E-state index is -4.24. The molecule has 1 aliphatic carbocycles. The van der Waals surface area contributed by atoms with Crippen LogP contribution < -0.4 is 20.7 Å². The van der Waals surface area contributed by atoms with E-state index in [0.29, 0.717) is 19.1 Å². The maximum Gasteiger partial charge on any atom is 0.401 e. The Hall–Kier alpha value is -1.81. The highest BCUT2D eigenvalue weighted by Crippen LogP contribution is 2.39. The number of likely N-dealkylation sites (N-methyl/N-ethyl adjacent to an activating group) is 1. The summed E-state index contributed by atoms with van der Waals surface area (Å²) in [6, 6.07) is 4.95. The van der Waals surface area contributed by atoms with Gasteiger partial charge in [-0.3, -0.25) is 15.5 Å². The van der Waals surface area contributed by atoms with E-state index in [1.54, 1.807) is 0 Å². The first-order valence-electron chi connectivity index (χ1n) is 15.0. The molecule has 3 unspecified atom stereocenters. The molecule has 3 atom stereocenters. The zero-order valence-corrected chi connectivity index (χ0v) is 23.6. The SMILES string of the molecule is CC1CC(NCC(F)(F)F)NC(Nc2cc3c(c(C4=CCN(C)CCC4)c2)OCC3)N1C1CCCCCCC1. The van der Waals surface area contributed by atoms with Crippen LogP contribution in [0.4, 0.5) is 18.9 Å². The Morgan fingerprint density at radius 1 is 1.05 bits per heavy atom. The van der Waals surface area contributed by atoms with Crippen molar-refractivity contribution in [1.29, 1.82) is 0 Å². The molecular formula is C30H46F3N5O. The number of allylic oxidation sites excluding steroid dienone is 1. The molecular weight excluding hydrogens is 503 g/mol. The number of alkyl halides is 3. The van der Waals surface area contributed by atoms with Crippen LogP contribution in [0.25, 0.3) is 5.57 Å². The fraction of sp³-hybridized carbons (Fsp3) is 0.733. The van der Waals surface area contributed by atoms with Crippen LogP contribution in [0.15, 0.2) is 18.2 Å². The maximum absolute atomic E-state index is 13.1. The van der Waals surface area contributed by atoms with E-state index >= 15 is 0 Å². The van der Waals surface area contributed by atoms with Crippen molar-refractivity contribution in [3.63, 3.8) is 0 Å².